The highest BCUT2D eigenvalue weighted by molar-refractivity contribution is 6.34. The Balaban J connectivity index is 1.70. The summed E-state index contributed by atoms with van der Waals surface area (Å²) in [7, 11) is 0. The van der Waals surface area contributed by atoms with E-state index in [9.17, 15) is 19.7 Å². The fourth-order valence-corrected chi connectivity index (χ4v) is 3.56. The highest BCUT2D eigenvalue weighted by Gasteiger charge is 2.23. The molecule has 12 heteroatoms. The Labute approximate surface area is 189 Å². The smallest absolute Gasteiger partial charge is 0.270 e. The van der Waals surface area contributed by atoms with Crippen LogP contribution in [0.1, 0.15) is 22.5 Å². The van der Waals surface area contributed by atoms with Gasteiger partial charge in [0.05, 0.1) is 28.7 Å². The standard InChI is InChI=1S/C20H24ClN5O6/c1-14-11-18(23-32-14)22-19(27)13-25(6-2-5-24-7-9-31-10-8-24)20(28)16-4-3-15(26(29)30)12-17(16)21/h3-4,11-12H,2,5-10,13H2,1H3,(H,22,23,27). The molecule has 3 rings (SSSR count). The molecule has 1 aromatic heterocycles. The van der Waals surface area contributed by atoms with Crippen molar-refractivity contribution < 1.29 is 23.8 Å². The van der Waals surface area contributed by atoms with Gasteiger partial charge in [-0.2, -0.15) is 0 Å². The van der Waals surface area contributed by atoms with Crippen LogP contribution in [-0.4, -0.2) is 77.6 Å². The van der Waals surface area contributed by atoms with Crippen molar-refractivity contribution in [3.63, 3.8) is 0 Å². The maximum absolute atomic E-state index is 13.1. The first kappa shape index (κ1) is 23.6. The number of hydrogen-bond donors (Lipinski definition) is 1. The van der Waals surface area contributed by atoms with Crippen LogP contribution in [0.4, 0.5) is 11.5 Å². The molecule has 0 aliphatic carbocycles. The minimum atomic E-state index is -0.590. The van der Waals surface area contributed by atoms with E-state index in [2.05, 4.69) is 15.4 Å². The van der Waals surface area contributed by atoms with Crippen LogP contribution in [0.5, 0.6) is 0 Å². The molecule has 2 heterocycles. The number of benzene rings is 1. The Morgan fingerprint density at radius 1 is 1.31 bits per heavy atom. The van der Waals surface area contributed by atoms with E-state index in [0.29, 0.717) is 31.9 Å². The maximum atomic E-state index is 13.1. The number of carbonyl (C=O) groups is 2. The molecule has 2 amide bonds. The molecule has 1 aromatic carbocycles. The molecule has 0 atom stereocenters. The molecule has 1 saturated heterocycles. The van der Waals surface area contributed by atoms with Crippen LogP contribution in [-0.2, 0) is 9.53 Å². The zero-order chi connectivity index (χ0) is 23.1. The minimum absolute atomic E-state index is 0.0464. The second-order valence-corrected chi connectivity index (χ2v) is 7.73. The molecule has 1 aliphatic heterocycles. The summed E-state index contributed by atoms with van der Waals surface area (Å²) in [5, 5.41) is 17.2. The molecule has 0 bridgehead atoms. The van der Waals surface area contributed by atoms with E-state index >= 15 is 0 Å². The van der Waals surface area contributed by atoms with E-state index < -0.39 is 16.7 Å². The number of rotatable bonds is 9. The quantitative estimate of drug-likeness (QED) is 0.441. The summed E-state index contributed by atoms with van der Waals surface area (Å²) in [6.07, 6.45) is 0.632. The van der Waals surface area contributed by atoms with Gasteiger partial charge in [0, 0.05) is 44.4 Å². The van der Waals surface area contributed by atoms with Crippen molar-refractivity contribution >= 4 is 34.9 Å². The lowest BCUT2D eigenvalue weighted by Gasteiger charge is -2.28. The van der Waals surface area contributed by atoms with Crippen molar-refractivity contribution in [3.05, 3.63) is 50.7 Å². The Hall–Kier alpha value is -3.02. The highest BCUT2D eigenvalue weighted by atomic mass is 35.5. The van der Waals surface area contributed by atoms with E-state index in [-0.39, 0.29) is 28.6 Å². The number of halogens is 1. The first-order chi connectivity index (χ1) is 15.3. The number of carbonyl (C=O) groups excluding carboxylic acids is 2. The van der Waals surface area contributed by atoms with Gasteiger partial charge in [-0.05, 0) is 19.4 Å². The van der Waals surface area contributed by atoms with E-state index in [0.717, 1.165) is 25.7 Å². The number of nitrogens with one attached hydrogen (secondary N) is 1. The zero-order valence-electron chi connectivity index (χ0n) is 17.6. The Bertz CT molecular complexity index is 975. The summed E-state index contributed by atoms with van der Waals surface area (Å²) in [5.41, 5.74) is -0.127. The molecule has 32 heavy (non-hydrogen) atoms. The van der Waals surface area contributed by atoms with Gasteiger partial charge in [-0.3, -0.25) is 24.6 Å². The number of morpholine rings is 1. The van der Waals surface area contributed by atoms with Gasteiger partial charge in [-0.25, -0.2) is 0 Å². The lowest BCUT2D eigenvalue weighted by molar-refractivity contribution is -0.384. The fourth-order valence-electron chi connectivity index (χ4n) is 3.30. The van der Waals surface area contributed by atoms with Gasteiger partial charge in [-0.1, -0.05) is 16.8 Å². The minimum Gasteiger partial charge on any atom is -0.379 e. The number of hydrogen-bond acceptors (Lipinski definition) is 8. The van der Waals surface area contributed by atoms with Crippen molar-refractivity contribution in [1.29, 1.82) is 0 Å². The monoisotopic (exact) mass is 465 g/mol. The molecule has 1 fully saturated rings. The topological polar surface area (TPSA) is 131 Å². The molecular formula is C20H24ClN5O6. The number of nitro groups is 1. The van der Waals surface area contributed by atoms with Crippen molar-refractivity contribution in [3.8, 4) is 0 Å². The number of aryl methyl sites for hydroxylation is 1. The molecule has 1 N–H and O–H groups in total. The summed E-state index contributed by atoms with van der Waals surface area (Å²) in [6, 6.07) is 5.20. The van der Waals surface area contributed by atoms with Gasteiger partial charge in [0.25, 0.3) is 11.6 Å². The van der Waals surface area contributed by atoms with E-state index in [1.54, 1.807) is 13.0 Å². The summed E-state index contributed by atoms with van der Waals surface area (Å²) < 4.78 is 10.3. The van der Waals surface area contributed by atoms with Crippen LogP contribution >= 0.6 is 11.6 Å². The largest absolute Gasteiger partial charge is 0.379 e. The van der Waals surface area contributed by atoms with E-state index in [1.165, 1.54) is 17.0 Å². The second kappa shape index (κ2) is 11.0. The van der Waals surface area contributed by atoms with E-state index in [4.69, 9.17) is 20.9 Å². The number of ether oxygens (including phenoxy) is 1. The number of amides is 2. The van der Waals surface area contributed by atoms with Gasteiger partial charge >= 0.3 is 0 Å². The molecule has 0 spiro atoms. The number of anilines is 1. The Morgan fingerprint density at radius 3 is 2.69 bits per heavy atom. The third-order valence-electron chi connectivity index (χ3n) is 4.92. The van der Waals surface area contributed by atoms with Gasteiger partial charge in [0.15, 0.2) is 5.82 Å². The Kier molecular flexibility index (Phi) is 8.14. The summed E-state index contributed by atoms with van der Waals surface area (Å²) >= 11 is 6.14. The van der Waals surface area contributed by atoms with Crippen LogP contribution in [0.15, 0.2) is 28.8 Å². The maximum Gasteiger partial charge on any atom is 0.270 e. The lowest BCUT2D eigenvalue weighted by atomic mass is 10.1. The summed E-state index contributed by atoms with van der Waals surface area (Å²) in [4.78, 5) is 39.6. The molecule has 11 nitrogen and oxygen atoms in total. The van der Waals surface area contributed by atoms with Crippen LogP contribution in [0.25, 0.3) is 0 Å². The van der Waals surface area contributed by atoms with Crippen LogP contribution in [0.2, 0.25) is 5.02 Å². The highest BCUT2D eigenvalue weighted by Crippen LogP contribution is 2.24. The summed E-state index contributed by atoms with van der Waals surface area (Å²) in [5.74, 6) is -0.146. The molecule has 0 radical (unpaired) electrons. The van der Waals surface area contributed by atoms with Crippen molar-refractivity contribution in [2.75, 3.05) is 51.3 Å². The van der Waals surface area contributed by atoms with Crippen molar-refractivity contribution in [1.82, 2.24) is 15.0 Å². The third-order valence-corrected chi connectivity index (χ3v) is 5.23. The predicted octanol–water partition coefficient (Wildman–Crippen LogP) is 2.35. The van der Waals surface area contributed by atoms with Gasteiger partial charge in [-0.15, -0.1) is 0 Å². The van der Waals surface area contributed by atoms with Gasteiger partial charge < -0.3 is 19.5 Å². The molecule has 0 saturated carbocycles. The molecule has 172 valence electrons. The number of aromatic nitrogens is 1. The zero-order valence-corrected chi connectivity index (χ0v) is 18.3. The third kappa shape index (κ3) is 6.49. The molecule has 2 aromatic rings. The van der Waals surface area contributed by atoms with Crippen LogP contribution in [0.3, 0.4) is 0 Å². The SMILES string of the molecule is Cc1cc(NC(=O)CN(CCCN2CCOCC2)C(=O)c2ccc([N+](=O)[O-])cc2Cl)no1. The number of non-ortho nitro benzene ring substituents is 1. The van der Waals surface area contributed by atoms with E-state index in [1.807, 2.05) is 0 Å². The Morgan fingerprint density at radius 2 is 2.06 bits per heavy atom. The normalized spacial score (nSPS) is 14.2. The molecule has 1 aliphatic rings. The van der Waals surface area contributed by atoms with Gasteiger partial charge in [0.1, 0.15) is 12.3 Å². The average molecular weight is 466 g/mol. The first-order valence-electron chi connectivity index (χ1n) is 10.1. The molecule has 0 unspecified atom stereocenters. The van der Waals surface area contributed by atoms with Crippen LogP contribution < -0.4 is 5.32 Å². The van der Waals surface area contributed by atoms with Gasteiger partial charge in [0.2, 0.25) is 5.91 Å². The van der Waals surface area contributed by atoms with Crippen molar-refractivity contribution in [2.24, 2.45) is 0 Å². The number of nitrogens with zero attached hydrogens (tertiary/aromatic N) is 4. The number of nitro benzene ring substituents is 1. The summed E-state index contributed by atoms with van der Waals surface area (Å²) in [6.45, 7) is 5.46. The lowest BCUT2D eigenvalue weighted by Crippen LogP contribution is -2.41. The van der Waals surface area contributed by atoms with Crippen molar-refractivity contribution in [2.45, 2.75) is 13.3 Å². The predicted molar refractivity (Wildman–Crippen MR) is 116 cm³/mol. The second-order valence-electron chi connectivity index (χ2n) is 7.33. The molecular weight excluding hydrogens is 442 g/mol. The fraction of sp³-hybridized carbons (Fsp3) is 0.450. The average Bonchev–Trinajstić information content (AvgIpc) is 3.17. The van der Waals surface area contributed by atoms with Crippen LogP contribution in [0, 0.1) is 17.0 Å². The first-order valence-corrected chi connectivity index (χ1v) is 10.5.